The van der Waals surface area contributed by atoms with E-state index in [9.17, 15) is 4.39 Å². The smallest absolute Gasteiger partial charge is 0.137 e. The van der Waals surface area contributed by atoms with Crippen LogP contribution < -0.4 is 0 Å². The molecule has 0 saturated carbocycles. The van der Waals surface area contributed by atoms with Crippen molar-refractivity contribution in [2.45, 2.75) is 10.6 Å². The van der Waals surface area contributed by atoms with Crippen LogP contribution in [0.1, 0.15) is 5.56 Å². The highest BCUT2D eigenvalue weighted by molar-refractivity contribution is 7.98. The van der Waals surface area contributed by atoms with Gasteiger partial charge in [-0.25, -0.2) is 9.37 Å². The van der Waals surface area contributed by atoms with E-state index in [1.165, 1.54) is 11.6 Å². The number of rotatable bonds is 0. The van der Waals surface area contributed by atoms with Gasteiger partial charge in [0.1, 0.15) is 5.82 Å². The molecular formula is C16H10FNS. The predicted octanol–water partition coefficient (Wildman–Crippen LogP) is 4.65. The first-order valence-corrected chi connectivity index (χ1v) is 7.12. The third kappa shape index (κ3) is 1.65. The van der Waals surface area contributed by atoms with Gasteiger partial charge < -0.3 is 0 Å². The fourth-order valence-corrected chi connectivity index (χ4v) is 3.54. The monoisotopic (exact) mass is 267 g/mol. The average Bonchev–Trinajstić information content (AvgIpc) is 2.45. The van der Waals surface area contributed by atoms with Crippen LogP contribution >= 0.6 is 11.8 Å². The standard InChI is InChI=1S/C16H10FNS/c17-13-6-3-5-12-15-11(9-19-16(12)13)8-10-4-1-2-7-14(10)18-15/h1-8H,9H2. The highest BCUT2D eigenvalue weighted by Gasteiger charge is 2.21. The van der Waals surface area contributed by atoms with Crippen LogP contribution in [0.3, 0.4) is 0 Å². The van der Waals surface area contributed by atoms with Crippen molar-refractivity contribution in [3.63, 3.8) is 0 Å². The quantitative estimate of drug-likeness (QED) is 0.588. The highest BCUT2D eigenvalue weighted by Crippen LogP contribution is 2.42. The molecule has 4 rings (SSSR count). The summed E-state index contributed by atoms with van der Waals surface area (Å²) in [5, 5.41) is 1.14. The molecule has 0 fully saturated rings. The van der Waals surface area contributed by atoms with Crippen LogP contribution in [0.25, 0.3) is 22.2 Å². The maximum atomic E-state index is 13.8. The molecule has 1 aliphatic heterocycles. The number of hydrogen-bond donors (Lipinski definition) is 0. The topological polar surface area (TPSA) is 12.9 Å². The maximum Gasteiger partial charge on any atom is 0.137 e. The van der Waals surface area contributed by atoms with Crippen molar-refractivity contribution in [2.75, 3.05) is 0 Å². The number of halogens is 1. The lowest BCUT2D eigenvalue weighted by Gasteiger charge is -2.19. The summed E-state index contributed by atoms with van der Waals surface area (Å²) in [6.45, 7) is 0. The summed E-state index contributed by atoms with van der Waals surface area (Å²) in [5.41, 5.74) is 3.98. The van der Waals surface area contributed by atoms with Crippen molar-refractivity contribution in [3.8, 4) is 11.3 Å². The minimum Gasteiger partial charge on any atom is -0.247 e. The first-order chi connectivity index (χ1) is 9.33. The minimum atomic E-state index is -0.150. The van der Waals surface area contributed by atoms with E-state index in [2.05, 4.69) is 12.1 Å². The zero-order chi connectivity index (χ0) is 12.8. The third-order valence-electron chi connectivity index (χ3n) is 3.40. The second-order valence-electron chi connectivity index (χ2n) is 4.59. The van der Waals surface area contributed by atoms with Crippen LogP contribution in [0.5, 0.6) is 0 Å². The van der Waals surface area contributed by atoms with Gasteiger partial charge in [-0.15, -0.1) is 11.8 Å². The molecule has 0 aliphatic carbocycles. The van der Waals surface area contributed by atoms with Gasteiger partial charge in [0.05, 0.1) is 16.1 Å². The lowest BCUT2D eigenvalue weighted by Crippen LogP contribution is -2.01. The van der Waals surface area contributed by atoms with Crippen LogP contribution in [0.2, 0.25) is 0 Å². The van der Waals surface area contributed by atoms with E-state index in [4.69, 9.17) is 4.98 Å². The fourth-order valence-electron chi connectivity index (χ4n) is 2.49. The van der Waals surface area contributed by atoms with Gasteiger partial charge in [-0.05, 0) is 23.8 Å². The Balaban J connectivity index is 2.06. The third-order valence-corrected chi connectivity index (χ3v) is 4.56. The summed E-state index contributed by atoms with van der Waals surface area (Å²) >= 11 is 1.55. The highest BCUT2D eigenvalue weighted by atomic mass is 32.2. The number of para-hydroxylation sites is 1. The molecule has 0 unspecified atom stereocenters. The molecule has 2 aromatic carbocycles. The summed E-state index contributed by atoms with van der Waals surface area (Å²) in [6, 6.07) is 15.4. The lowest BCUT2D eigenvalue weighted by atomic mass is 10.0. The Labute approximate surface area is 114 Å². The van der Waals surface area contributed by atoms with E-state index < -0.39 is 0 Å². The van der Waals surface area contributed by atoms with Gasteiger partial charge in [-0.1, -0.05) is 30.3 Å². The molecule has 0 saturated heterocycles. The Bertz CT molecular complexity index is 798. The van der Waals surface area contributed by atoms with Crippen molar-refractivity contribution in [1.82, 2.24) is 4.98 Å². The predicted molar refractivity (Wildman–Crippen MR) is 76.7 cm³/mol. The lowest BCUT2D eigenvalue weighted by molar-refractivity contribution is 0.602. The largest absolute Gasteiger partial charge is 0.247 e. The van der Waals surface area contributed by atoms with Crippen LogP contribution in [0.4, 0.5) is 4.39 Å². The number of aromatic nitrogens is 1. The summed E-state index contributed by atoms with van der Waals surface area (Å²) in [5.74, 6) is 0.629. The Kier molecular flexibility index (Phi) is 2.35. The normalized spacial score (nSPS) is 13.1. The fraction of sp³-hybridized carbons (Fsp3) is 0.0625. The molecule has 2 heterocycles. The number of pyridine rings is 1. The number of hydrogen-bond acceptors (Lipinski definition) is 2. The van der Waals surface area contributed by atoms with Crippen molar-refractivity contribution in [2.24, 2.45) is 0 Å². The van der Waals surface area contributed by atoms with Crippen LogP contribution in [0, 0.1) is 5.82 Å². The Morgan fingerprint density at radius 2 is 1.95 bits per heavy atom. The molecule has 0 spiro atoms. The summed E-state index contributed by atoms with van der Waals surface area (Å²) < 4.78 is 13.8. The summed E-state index contributed by atoms with van der Waals surface area (Å²) in [4.78, 5) is 5.44. The van der Waals surface area contributed by atoms with E-state index >= 15 is 0 Å². The first kappa shape index (κ1) is 11.0. The first-order valence-electron chi connectivity index (χ1n) is 6.13. The van der Waals surface area contributed by atoms with Gasteiger partial charge in [-0.2, -0.15) is 0 Å². The van der Waals surface area contributed by atoms with E-state index in [-0.39, 0.29) is 5.82 Å². The number of thioether (sulfide) groups is 1. The second kappa shape index (κ2) is 4.07. The minimum absolute atomic E-state index is 0.150. The number of benzene rings is 2. The molecule has 0 amide bonds. The molecule has 19 heavy (non-hydrogen) atoms. The second-order valence-corrected chi connectivity index (χ2v) is 5.58. The van der Waals surface area contributed by atoms with Gasteiger partial charge in [0.2, 0.25) is 0 Å². The van der Waals surface area contributed by atoms with Gasteiger partial charge >= 0.3 is 0 Å². The molecule has 1 aromatic heterocycles. The van der Waals surface area contributed by atoms with Gasteiger partial charge in [0.15, 0.2) is 0 Å². The summed E-state index contributed by atoms with van der Waals surface area (Å²) in [7, 11) is 0. The number of nitrogens with zero attached hydrogens (tertiary/aromatic N) is 1. The van der Waals surface area contributed by atoms with Crippen molar-refractivity contribution in [3.05, 3.63) is 59.9 Å². The molecule has 0 radical (unpaired) electrons. The average molecular weight is 267 g/mol. The number of fused-ring (bicyclic) bond motifs is 4. The van der Waals surface area contributed by atoms with Crippen molar-refractivity contribution < 1.29 is 4.39 Å². The molecule has 1 nitrogen and oxygen atoms in total. The maximum absolute atomic E-state index is 13.8. The van der Waals surface area contributed by atoms with Crippen molar-refractivity contribution in [1.29, 1.82) is 0 Å². The zero-order valence-corrected chi connectivity index (χ0v) is 10.9. The van der Waals surface area contributed by atoms with E-state index in [0.29, 0.717) is 0 Å². The molecule has 3 aromatic rings. The van der Waals surface area contributed by atoms with E-state index in [0.717, 1.165) is 32.8 Å². The van der Waals surface area contributed by atoms with Gasteiger partial charge in [-0.3, -0.25) is 0 Å². The van der Waals surface area contributed by atoms with Gasteiger partial charge in [0.25, 0.3) is 0 Å². The van der Waals surface area contributed by atoms with E-state index in [1.807, 2.05) is 24.3 Å². The SMILES string of the molecule is Fc1cccc2c1SCc1cc3ccccc3nc1-2. The van der Waals surface area contributed by atoms with Crippen LogP contribution in [0.15, 0.2) is 53.4 Å². The Hall–Kier alpha value is -1.87. The molecule has 0 bridgehead atoms. The van der Waals surface area contributed by atoms with Crippen LogP contribution in [-0.2, 0) is 5.75 Å². The molecule has 0 atom stereocenters. The molecule has 0 N–H and O–H groups in total. The Morgan fingerprint density at radius 3 is 2.89 bits per heavy atom. The molecule has 3 heteroatoms. The van der Waals surface area contributed by atoms with Gasteiger partial charge in [0, 0.05) is 16.7 Å². The van der Waals surface area contributed by atoms with Crippen molar-refractivity contribution >= 4 is 22.7 Å². The zero-order valence-electron chi connectivity index (χ0n) is 10.1. The van der Waals surface area contributed by atoms with E-state index in [1.54, 1.807) is 17.8 Å². The molecule has 1 aliphatic rings. The molecule has 92 valence electrons. The summed E-state index contributed by atoms with van der Waals surface area (Å²) in [6.07, 6.45) is 0. The van der Waals surface area contributed by atoms with Crippen LogP contribution in [-0.4, -0.2) is 4.98 Å². The Morgan fingerprint density at radius 1 is 1.05 bits per heavy atom. The molecular weight excluding hydrogens is 257 g/mol.